The summed E-state index contributed by atoms with van der Waals surface area (Å²) in [6.45, 7) is 0.960. The number of halogens is 4. The predicted octanol–water partition coefficient (Wildman–Crippen LogP) is 6.30. The molecule has 0 radical (unpaired) electrons. The number of para-hydroxylation sites is 1. The highest BCUT2D eigenvalue weighted by molar-refractivity contribution is 6.33. The van der Waals surface area contributed by atoms with Gasteiger partial charge in [-0.15, -0.1) is 0 Å². The molecule has 206 valence electrons. The van der Waals surface area contributed by atoms with Gasteiger partial charge in [0.2, 0.25) is 5.91 Å². The Morgan fingerprint density at radius 1 is 0.949 bits per heavy atom. The van der Waals surface area contributed by atoms with Gasteiger partial charge in [-0.05, 0) is 62.8 Å². The molecule has 2 aliphatic rings. The van der Waals surface area contributed by atoms with Crippen LogP contribution in [0.2, 0.25) is 5.02 Å². The molecule has 2 aromatic carbocycles. The first-order valence-electron chi connectivity index (χ1n) is 13.3. The van der Waals surface area contributed by atoms with E-state index in [0.717, 1.165) is 25.3 Å². The molecular formula is C29H30ClF3N4O2. The first kappa shape index (κ1) is 27.2. The molecule has 10 heteroatoms. The van der Waals surface area contributed by atoms with Crippen molar-refractivity contribution in [3.05, 3.63) is 70.9 Å². The third-order valence-electron chi connectivity index (χ3n) is 7.64. The summed E-state index contributed by atoms with van der Waals surface area (Å²) in [6.07, 6.45) is -0.321. The fraction of sp³-hybridized carbons (Fsp3) is 0.414. The standard InChI is InChI=1S/C29H30ClF3N4O2/c30-23-10-3-1-8-21(23)28(39)37-14-12-18(13-15-37)27(38)35-20-7-5-6-19(16-20)34-25-17-26(29(31,32)33)36-24-11-4-2-9-22(24)25/h1-4,8-11,17-20H,5-7,12-16H2,(H,34,36)(H,35,38)/t19-,20+/m0/s1. The number of aromatic nitrogens is 1. The molecule has 2 amide bonds. The van der Waals surface area contributed by atoms with Crippen molar-refractivity contribution in [2.45, 2.75) is 56.8 Å². The van der Waals surface area contributed by atoms with Gasteiger partial charge in [0.15, 0.2) is 0 Å². The quantitative estimate of drug-likeness (QED) is 0.385. The Kier molecular flexibility index (Phi) is 7.98. The minimum absolute atomic E-state index is 0.0285. The number of hydrogen-bond acceptors (Lipinski definition) is 4. The lowest BCUT2D eigenvalue weighted by Crippen LogP contribution is -2.47. The summed E-state index contributed by atoms with van der Waals surface area (Å²) in [5, 5.41) is 7.53. The third kappa shape index (κ3) is 6.30. The monoisotopic (exact) mass is 558 g/mol. The maximum absolute atomic E-state index is 13.5. The zero-order valence-electron chi connectivity index (χ0n) is 21.3. The molecule has 6 nitrogen and oxygen atoms in total. The van der Waals surface area contributed by atoms with Gasteiger partial charge < -0.3 is 15.5 Å². The number of carbonyl (C=O) groups excluding carboxylic acids is 2. The Hall–Kier alpha value is -3.33. The van der Waals surface area contributed by atoms with Gasteiger partial charge in [-0.1, -0.05) is 41.9 Å². The van der Waals surface area contributed by atoms with Gasteiger partial charge in [0, 0.05) is 42.2 Å². The number of pyridine rings is 1. The number of nitrogens with zero attached hydrogens (tertiary/aromatic N) is 2. The summed E-state index contributed by atoms with van der Waals surface area (Å²) in [7, 11) is 0. The number of piperidine rings is 1. The lowest BCUT2D eigenvalue weighted by atomic mass is 9.89. The number of hydrogen-bond donors (Lipinski definition) is 2. The Morgan fingerprint density at radius 2 is 1.64 bits per heavy atom. The van der Waals surface area contributed by atoms with Crippen LogP contribution < -0.4 is 10.6 Å². The minimum atomic E-state index is -4.54. The van der Waals surface area contributed by atoms with Gasteiger partial charge in [-0.3, -0.25) is 9.59 Å². The van der Waals surface area contributed by atoms with E-state index in [4.69, 9.17) is 11.6 Å². The highest BCUT2D eigenvalue weighted by atomic mass is 35.5. The van der Waals surface area contributed by atoms with E-state index >= 15 is 0 Å². The minimum Gasteiger partial charge on any atom is -0.382 e. The van der Waals surface area contributed by atoms with Gasteiger partial charge >= 0.3 is 6.18 Å². The van der Waals surface area contributed by atoms with Crippen molar-refractivity contribution in [3.8, 4) is 0 Å². The van der Waals surface area contributed by atoms with Crippen molar-refractivity contribution in [1.82, 2.24) is 15.2 Å². The molecule has 2 heterocycles. The van der Waals surface area contributed by atoms with E-state index in [1.807, 2.05) is 0 Å². The van der Waals surface area contributed by atoms with Gasteiger partial charge in [0.05, 0.1) is 16.1 Å². The molecular weight excluding hydrogens is 529 g/mol. The molecule has 1 saturated heterocycles. The van der Waals surface area contributed by atoms with Crippen molar-refractivity contribution >= 4 is 40.0 Å². The zero-order chi connectivity index (χ0) is 27.6. The number of nitrogens with one attached hydrogen (secondary N) is 2. The number of rotatable bonds is 5. The number of fused-ring (bicyclic) bond motifs is 1. The Balaban J connectivity index is 1.18. The Morgan fingerprint density at radius 3 is 2.38 bits per heavy atom. The molecule has 0 bridgehead atoms. The number of alkyl halides is 3. The lowest BCUT2D eigenvalue weighted by molar-refractivity contribution is -0.141. The van der Waals surface area contributed by atoms with Crippen LogP contribution in [0.25, 0.3) is 10.9 Å². The van der Waals surface area contributed by atoms with Gasteiger partial charge in [-0.25, -0.2) is 4.98 Å². The zero-order valence-corrected chi connectivity index (χ0v) is 22.1. The number of carbonyl (C=O) groups is 2. The molecule has 1 aromatic heterocycles. The topological polar surface area (TPSA) is 74.3 Å². The van der Waals surface area contributed by atoms with Gasteiger partial charge in [0.25, 0.3) is 5.91 Å². The van der Waals surface area contributed by atoms with E-state index in [1.165, 1.54) is 0 Å². The SMILES string of the molecule is O=C(N[C@@H]1CCC[C@H](Nc2cc(C(F)(F)F)nc3ccccc23)C1)C1CCN(C(=O)c2ccccc2Cl)CC1. The second-order valence-corrected chi connectivity index (χ2v) is 10.7. The summed E-state index contributed by atoms with van der Waals surface area (Å²) in [4.78, 5) is 31.4. The van der Waals surface area contributed by atoms with E-state index in [1.54, 1.807) is 53.4 Å². The van der Waals surface area contributed by atoms with Crippen LogP contribution >= 0.6 is 11.6 Å². The summed E-state index contributed by atoms with van der Waals surface area (Å²) in [6, 6.07) is 14.7. The highest BCUT2D eigenvalue weighted by Crippen LogP contribution is 2.34. The Labute approximate surface area is 229 Å². The van der Waals surface area contributed by atoms with Crippen LogP contribution in [0.1, 0.15) is 54.6 Å². The molecule has 39 heavy (non-hydrogen) atoms. The van der Waals surface area contributed by atoms with Crippen LogP contribution in [0.15, 0.2) is 54.6 Å². The molecule has 2 atom stereocenters. The van der Waals surface area contributed by atoms with Crippen LogP contribution in [0, 0.1) is 5.92 Å². The van der Waals surface area contributed by atoms with E-state index in [-0.39, 0.29) is 35.3 Å². The first-order chi connectivity index (χ1) is 18.7. The van der Waals surface area contributed by atoms with Gasteiger partial charge in [-0.2, -0.15) is 13.2 Å². The predicted molar refractivity (Wildman–Crippen MR) is 145 cm³/mol. The molecule has 0 unspecified atom stereocenters. The Bertz CT molecular complexity index is 1360. The van der Waals surface area contributed by atoms with Crippen molar-refractivity contribution in [3.63, 3.8) is 0 Å². The van der Waals surface area contributed by atoms with Crippen LogP contribution in [-0.4, -0.2) is 46.9 Å². The second kappa shape index (κ2) is 11.4. The molecule has 2 N–H and O–H groups in total. The molecule has 5 rings (SSSR count). The highest BCUT2D eigenvalue weighted by Gasteiger charge is 2.34. The van der Waals surface area contributed by atoms with E-state index in [9.17, 15) is 22.8 Å². The van der Waals surface area contributed by atoms with E-state index in [2.05, 4.69) is 15.6 Å². The smallest absolute Gasteiger partial charge is 0.382 e. The molecule has 1 aliphatic heterocycles. The average Bonchev–Trinajstić information content (AvgIpc) is 2.93. The van der Waals surface area contributed by atoms with Crippen molar-refractivity contribution in [1.29, 1.82) is 0 Å². The molecule has 1 aliphatic carbocycles. The number of likely N-dealkylation sites (tertiary alicyclic amines) is 1. The number of amides is 2. The summed E-state index contributed by atoms with van der Waals surface area (Å²) < 4.78 is 40.4. The van der Waals surface area contributed by atoms with Crippen molar-refractivity contribution in [2.24, 2.45) is 5.92 Å². The number of anilines is 1. The average molecular weight is 559 g/mol. The lowest BCUT2D eigenvalue weighted by Gasteiger charge is -2.35. The third-order valence-corrected chi connectivity index (χ3v) is 7.97. The maximum atomic E-state index is 13.5. The normalized spacial score (nSPS) is 20.6. The largest absolute Gasteiger partial charge is 0.433 e. The van der Waals surface area contributed by atoms with Crippen LogP contribution in [0.3, 0.4) is 0 Å². The summed E-state index contributed by atoms with van der Waals surface area (Å²) >= 11 is 6.18. The molecule has 1 saturated carbocycles. The van der Waals surface area contributed by atoms with Crippen LogP contribution in [0.5, 0.6) is 0 Å². The first-order valence-corrected chi connectivity index (χ1v) is 13.6. The number of benzene rings is 2. The fourth-order valence-electron chi connectivity index (χ4n) is 5.58. The molecule has 2 fully saturated rings. The molecule has 3 aromatic rings. The maximum Gasteiger partial charge on any atom is 0.433 e. The second-order valence-electron chi connectivity index (χ2n) is 10.3. The van der Waals surface area contributed by atoms with Crippen molar-refractivity contribution in [2.75, 3.05) is 18.4 Å². The molecule has 0 spiro atoms. The van der Waals surface area contributed by atoms with Gasteiger partial charge in [0.1, 0.15) is 5.69 Å². The van der Waals surface area contributed by atoms with E-state index in [0.29, 0.717) is 54.0 Å². The summed E-state index contributed by atoms with van der Waals surface area (Å²) in [5.41, 5.74) is 0.228. The van der Waals surface area contributed by atoms with Crippen LogP contribution in [0.4, 0.5) is 18.9 Å². The fourth-order valence-corrected chi connectivity index (χ4v) is 5.80. The van der Waals surface area contributed by atoms with E-state index < -0.39 is 11.9 Å². The van der Waals surface area contributed by atoms with Crippen LogP contribution in [-0.2, 0) is 11.0 Å². The summed E-state index contributed by atoms with van der Waals surface area (Å²) in [5.74, 6) is -0.343. The van der Waals surface area contributed by atoms with Crippen molar-refractivity contribution < 1.29 is 22.8 Å².